The van der Waals surface area contributed by atoms with Gasteiger partial charge in [-0.25, -0.2) is 5.43 Å². The van der Waals surface area contributed by atoms with E-state index in [0.717, 1.165) is 0 Å². The molecular weight excluding hydrogens is 224 g/mol. The molecule has 3 rings (SSSR count). The Labute approximate surface area is 107 Å². The fourth-order valence-electron chi connectivity index (χ4n) is 1.82. The van der Waals surface area contributed by atoms with E-state index in [2.05, 4.69) is 59.4 Å². The molecule has 0 radical (unpaired) electrons. The molecule has 94 valence electrons. The van der Waals surface area contributed by atoms with E-state index < -0.39 is 0 Å². The first-order chi connectivity index (χ1) is 8.68. The molecule has 2 aromatic rings. The molecule has 0 saturated carbocycles. The normalized spacial score (nSPS) is 17.7. The average Bonchev–Trinajstić information content (AvgIpc) is 2.37. The van der Waals surface area contributed by atoms with Crippen LogP contribution in [0, 0.1) is 5.92 Å². The molecule has 2 aromatic carbocycles. The maximum atomic E-state index is 10.5. The topological polar surface area (TPSA) is 41.1 Å². The van der Waals surface area contributed by atoms with Gasteiger partial charge in [-0.1, -0.05) is 62.4 Å². The Morgan fingerprint density at radius 2 is 1.39 bits per heavy atom. The summed E-state index contributed by atoms with van der Waals surface area (Å²) in [5, 5.41) is 2.62. The molecular formula is C15H18N2O. The van der Waals surface area contributed by atoms with Gasteiger partial charge in [0.1, 0.15) is 6.04 Å². The van der Waals surface area contributed by atoms with Crippen LogP contribution in [0.25, 0.3) is 10.8 Å². The van der Waals surface area contributed by atoms with Crippen molar-refractivity contribution in [1.82, 2.24) is 10.9 Å². The van der Waals surface area contributed by atoms with Crippen LogP contribution in [0.3, 0.4) is 0 Å². The number of carbonyl (C=O) groups excluding carboxylic acids is 1. The summed E-state index contributed by atoms with van der Waals surface area (Å²) in [5.74, 6) is 0.517. The lowest BCUT2D eigenvalue weighted by Gasteiger charge is -2.30. The van der Waals surface area contributed by atoms with Crippen molar-refractivity contribution < 1.29 is 4.79 Å². The van der Waals surface area contributed by atoms with E-state index in [1.807, 2.05) is 13.8 Å². The number of fused-ring (bicyclic) bond motifs is 1. The van der Waals surface area contributed by atoms with E-state index in [1.165, 1.54) is 10.8 Å². The first-order valence-corrected chi connectivity index (χ1v) is 6.17. The number of hydrazine groups is 1. The third-order valence-electron chi connectivity index (χ3n) is 2.96. The highest BCUT2D eigenvalue weighted by atomic mass is 16.2. The lowest BCUT2D eigenvalue weighted by atomic mass is 10.0. The number of nitrogens with one attached hydrogen (secondary N) is 2. The molecule has 0 bridgehead atoms. The zero-order valence-corrected chi connectivity index (χ0v) is 10.7. The summed E-state index contributed by atoms with van der Waals surface area (Å²) in [6.07, 6.45) is 0. The largest absolute Gasteiger partial charge is 0.289 e. The first-order valence-electron chi connectivity index (χ1n) is 6.17. The highest BCUT2D eigenvalue weighted by Crippen LogP contribution is 2.11. The van der Waals surface area contributed by atoms with Crippen molar-refractivity contribution in [2.75, 3.05) is 0 Å². The van der Waals surface area contributed by atoms with Crippen LogP contribution in [0.2, 0.25) is 0 Å². The van der Waals surface area contributed by atoms with E-state index >= 15 is 0 Å². The molecule has 1 unspecified atom stereocenters. The van der Waals surface area contributed by atoms with Gasteiger partial charge in [0, 0.05) is 0 Å². The Hall–Kier alpha value is -1.87. The van der Waals surface area contributed by atoms with Crippen LogP contribution >= 0.6 is 0 Å². The van der Waals surface area contributed by atoms with Crippen molar-refractivity contribution in [2.45, 2.75) is 19.9 Å². The molecule has 0 spiro atoms. The highest BCUT2D eigenvalue weighted by Gasteiger charge is 2.29. The molecule has 1 saturated heterocycles. The van der Waals surface area contributed by atoms with Crippen LogP contribution in [0.4, 0.5) is 0 Å². The number of benzene rings is 2. The molecule has 1 heterocycles. The maximum absolute atomic E-state index is 10.5. The lowest BCUT2D eigenvalue weighted by Crippen LogP contribution is -2.66. The number of amides is 1. The number of rotatable bonds is 1. The van der Waals surface area contributed by atoms with Crippen molar-refractivity contribution in [1.29, 1.82) is 0 Å². The number of hydrogen-bond donors (Lipinski definition) is 2. The maximum Gasteiger partial charge on any atom is 0.253 e. The standard InChI is InChI=1S/C10H8.C5H10N2O/c1-2-6-10-8-4-3-7-9(10)5-1;1-3(2)4-5(8)7-6-4/h1-8H;3-4,6H,1-2H3,(H,7,8). The van der Waals surface area contributed by atoms with Crippen LogP contribution < -0.4 is 10.9 Å². The average molecular weight is 242 g/mol. The molecule has 1 aliphatic heterocycles. The summed E-state index contributed by atoms with van der Waals surface area (Å²) in [7, 11) is 0. The second-order valence-corrected chi connectivity index (χ2v) is 4.70. The van der Waals surface area contributed by atoms with Gasteiger partial charge in [0.25, 0.3) is 5.91 Å². The van der Waals surface area contributed by atoms with Gasteiger partial charge in [0.15, 0.2) is 0 Å². The minimum Gasteiger partial charge on any atom is -0.289 e. The molecule has 0 aromatic heterocycles. The summed E-state index contributed by atoms with van der Waals surface area (Å²) in [6.45, 7) is 4.02. The summed E-state index contributed by atoms with van der Waals surface area (Å²) in [5.41, 5.74) is 5.25. The zero-order chi connectivity index (χ0) is 13.0. The van der Waals surface area contributed by atoms with E-state index in [4.69, 9.17) is 0 Å². The fourth-order valence-corrected chi connectivity index (χ4v) is 1.82. The van der Waals surface area contributed by atoms with E-state index in [1.54, 1.807) is 0 Å². The molecule has 1 aliphatic rings. The predicted octanol–water partition coefficient (Wildman–Crippen LogP) is 2.49. The smallest absolute Gasteiger partial charge is 0.253 e. The van der Waals surface area contributed by atoms with Crippen LogP contribution in [0.5, 0.6) is 0 Å². The zero-order valence-electron chi connectivity index (χ0n) is 10.7. The summed E-state index contributed by atoms with van der Waals surface area (Å²) >= 11 is 0. The van der Waals surface area contributed by atoms with Crippen molar-refractivity contribution >= 4 is 16.7 Å². The van der Waals surface area contributed by atoms with Gasteiger partial charge in [0.2, 0.25) is 0 Å². The van der Waals surface area contributed by atoms with Crippen LogP contribution in [-0.4, -0.2) is 11.9 Å². The van der Waals surface area contributed by atoms with Gasteiger partial charge in [-0.15, -0.1) is 0 Å². The number of carbonyl (C=O) groups is 1. The SMILES string of the molecule is CC(C)C1NNC1=O.c1ccc2ccccc2c1. The highest BCUT2D eigenvalue weighted by molar-refractivity contribution is 5.86. The summed E-state index contributed by atoms with van der Waals surface area (Å²) in [4.78, 5) is 10.5. The van der Waals surface area contributed by atoms with Crippen LogP contribution in [0.1, 0.15) is 13.8 Å². The molecule has 1 atom stereocenters. The Kier molecular flexibility index (Phi) is 3.95. The molecule has 3 heteroatoms. The minimum absolute atomic E-state index is 0.0509. The fraction of sp³-hybridized carbons (Fsp3) is 0.267. The second kappa shape index (κ2) is 5.65. The summed E-state index contributed by atoms with van der Waals surface area (Å²) < 4.78 is 0. The quantitative estimate of drug-likeness (QED) is 0.806. The molecule has 18 heavy (non-hydrogen) atoms. The van der Waals surface area contributed by atoms with Gasteiger partial charge in [-0.05, 0) is 16.7 Å². The Morgan fingerprint density at radius 1 is 0.944 bits per heavy atom. The predicted molar refractivity (Wildman–Crippen MR) is 73.9 cm³/mol. The lowest BCUT2D eigenvalue weighted by molar-refractivity contribution is -0.133. The third kappa shape index (κ3) is 2.87. The third-order valence-corrected chi connectivity index (χ3v) is 2.96. The van der Waals surface area contributed by atoms with E-state index in [-0.39, 0.29) is 11.9 Å². The minimum atomic E-state index is 0.0509. The van der Waals surface area contributed by atoms with Crippen molar-refractivity contribution in [3.05, 3.63) is 48.5 Å². The Bertz CT molecular complexity index is 471. The first kappa shape index (κ1) is 12.6. The molecule has 1 fully saturated rings. The van der Waals surface area contributed by atoms with Gasteiger partial charge < -0.3 is 0 Å². The summed E-state index contributed by atoms with van der Waals surface area (Å²) in [6, 6.07) is 16.8. The van der Waals surface area contributed by atoms with Crippen molar-refractivity contribution in [3.63, 3.8) is 0 Å². The second-order valence-electron chi connectivity index (χ2n) is 4.70. The van der Waals surface area contributed by atoms with Crippen molar-refractivity contribution in [2.24, 2.45) is 5.92 Å². The van der Waals surface area contributed by atoms with Gasteiger partial charge >= 0.3 is 0 Å². The number of hydrogen-bond acceptors (Lipinski definition) is 2. The molecule has 2 N–H and O–H groups in total. The van der Waals surface area contributed by atoms with Crippen molar-refractivity contribution in [3.8, 4) is 0 Å². The molecule has 1 amide bonds. The van der Waals surface area contributed by atoms with Gasteiger partial charge in [-0.2, -0.15) is 0 Å². The van der Waals surface area contributed by atoms with Gasteiger partial charge in [0.05, 0.1) is 0 Å². The molecule has 0 aliphatic carbocycles. The Morgan fingerprint density at radius 3 is 1.56 bits per heavy atom. The van der Waals surface area contributed by atoms with E-state index in [9.17, 15) is 4.79 Å². The van der Waals surface area contributed by atoms with Crippen LogP contribution in [0.15, 0.2) is 48.5 Å². The van der Waals surface area contributed by atoms with Crippen LogP contribution in [-0.2, 0) is 4.79 Å². The van der Waals surface area contributed by atoms with Gasteiger partial charge in [-0.3, -0.25) is 10.2 Å². The monoisotopic (exact) mass is 242 g/mol. The Balaban J connectivity index is 0.000000138. The molecule has 3 nitrogen and oxygen atoms in total. The van der Waals surface area contributed by atoms with E-state index in [0.29, 0.717) is 5.92 Å².